The summed E-state index contributed by atoms with van der Waals surface area (Å²) in [6.45, 7) is 4.18. The zero-order valence-electron chi connectivity index (χ0n) is 12.4. The van der Waals surface area contributed by atoms with Crippen LogP contribution in [0.1, 0.15) is 71.6 Å². The molecule has 19 heavy (non-hydrogen) atoms. The Balaban J connectivity index is 3.17. The van der Waals surface area contributed by atoms with Crippen LogP contribution in [0, 0.1) is 0 Å². The van der Waals surface area contributed by atoms with E-state index in [1.54, 1.807) is 0 Å². The van der Waals surface area contributed by atoms with Crippen molar-refractivity contribution >= 4 is 37.8 Å². The van der Waals surface area contributed by atoms with E-state index in [-0.39, 0.29) is 5.97 Å². The summed E-state index contributed by atoms with van der Waals surface area (Å²) in [4.78, 5) is 11.5. The average Bonchev–Trinajstić information content (AvgIpc) is 2.34. The largest absolute Gasteiger partial charge is 0.465 e. The quantitative estimate of drug-likeness (QED) is 0.242. The maximum atomic E-state index is 11.5. The number of alkyl halides is 2. The van der Waals surface area contributed by atoms with Gasteiger partial charge < -0.3 is 4.74 Å². The number of esters is 1. The molecule has 0 aliphatic rings. The van der Waals surface area contributed by atoms with Gasteiger partial charge in [-0.25, -0.2) is 0 Å². The van der Waals surface area contributed by atoms with E-state index in [9.17, 15) is 4.79 Å². The number of halogens is 2. The number of rotatable bonds is 12. The fourth-order valence-electron chi connectivity index (χ4n) is 1.77. The highest BCUT2D eigenvalue weighted by molar-refractivity contribution is 9.10. The predicted octanol–water partition coefficient (Wildman–Crippen LogP) is 5.61. The number of hydrogen-bond donors (Lipinski definition) is 0. The molecular formula is C15H28Br2O2. The minimum Gasteiger partial charge on any atom is -0.465 e. The number of carbonyl (C=O) groups is 1. The lowest BCUT2D eigenvalue weighted by Crippen LogP contribution is -2.26. The summed E-state index contributed by atoms with van der Waals surface area (Å²) in [5.41, 5.74) is 0. The number of ether oxygens (including phenoxy) is 1. The van der Waals surface area contributed by atoms with E-state index in [0.29, 0.717) is 6.61 Å². The second-order valence-electron chi connectivity index (χ2n) is 5.48. The Morgan fingerprint density at radius 3 is 1.74 bits per heavy atom. The maximum absolute atomic E-state index is 11.5. The standard InChI is InChI=1S/C15H28Br2O2/c1-15(2,17)14(18)19-13-11-9-7-5-3-4-6-8-10-12-16/h3-13H2,1-2H3. The summed E-state index contributed by atoms with van der Waals surface area (Å²) in [5, 5.41) is 1.14. The van der Waals surface area contributed by atoms with Gasteiger partial charge in [-0.1, -0.05) is 76.8 Å². The van der Waals surface area contributed by atoms with E-state index in [0.717, 1.165) is 18.2 Å². The van der Waals surface area contributed by atoms with Gasteiger partial charge in [-0.15, -0.1) is 0 Å². The summed E-state index contributed by atoms with van der Waals surface area (Å²) < 4.78 is 4.63. The van der Waals surface area contributed by atoms with Crippen molar-refractivity contribution in [3.8, 4) is 0 Å². The van der Waals surface area contributed by atoms with E-state index >= 15 is 0 Å². The van der Waals surface area contributed by atoms with Gasteiger partial charge in [0.25, 0.3) is 0 Å². The van der Waals surface area contributed by atoms with Gasteiger partial charge in [0.2, 0.25) is 0 Å². The molecule has 0 radical (unpaired) electrons. The molecule has 4 heteroatoms. The predicted molar refractivity (Wildman–Crippen MR) is 89.3 cm³/mol. The lowest BCUT2D eigenvalue weighted by atomic mass is 10.1. The first-order valence-corrected chi connectivity index (χ1v) is 9.32. The Morgan fingerprint density at radius 2 is 1.32 bits per heavy atom. The van der Waals surface area contributed by atoms with Gasteiger partial charge in [-0.05, 0) is 26.7 Å². The van der Waals surface area contributed by atoms with Crippen LogP contribution in [-0.4, -0.2) is 22.2 Å². The third kappa shape index (κ3) is 13.2. The molecule has 0 aromatic heterocycles. The van der Waals surface area contributed by atoms with Crippen LogP contribution < -0.4 is 0 Å². The number of unbranched alkanes of at least 4 members (excludes halogenated alkanes) is 8. The Kier molecular flexibility index (Phi) is 12.5. The zero-order valence-corrected chi connectivity index (χ0v) is 15.5. The SMILES string of the molecule is CC(C)(Br)C(=O)OCCCCCCCCCCCBr. The molecular weight excluding hydrogens is 372 g/mol. The van der Waals surface area contributed by atoms with Crippen LogP contribution in [-0.2, 0) is 9.53 Å². The third-order valence-electron chi connectivity index (χ3n) is 3.00. The molecule has 0 saturated carbocycles. The molecule has 0 aliphatic carbocycles. The van der Waals surface area contributed by atoms with Crippen molar-refractivity contribution < 1.29 is 9.53 Å². The molecule has 0 aromatic carbocycles. The van der Waals surface area contributed by atoms with Crippen molar-refractivity contribution in [2.75, 3.05) is 11.9 Å². The minimum atomic E-state index is -0.553. The third-order valence-corrected chi connectivity index (χ3v) is 3.88. The maximum Gasteiger partial charge on any atom is 0.322 e. The highest BCUT2D eigenvalue weighted by Gasteiger charge is 2.24. The Morgan fingerprint density at radius 1 is 0.895 bits per heavy atom. The van der Waals surface area contributed by atoms with Gasteiger partial charge in [0.05, 0.1) is 6.61 Å². The Labute approximate surface area is 135 Å². The molecule has 0 spiro atoms. The lowest BCUT2D eigenvalue weighted by Gasteiger charge is -2.14. The van der Waals surface area contributed by atoms with Crippen molar-refractivity contribution in [1.29, 1.82) is 0 Å². The fraction of sp³-hybridized carbons (Fsp3) is 0.933. The summed E-state index contributed by atoms with van der Waals surface area (Å²) >= 11 is 6.75. The lowest BCUT2D eigenvalue weighted by molar-refractivity contribution is -0.145. The van der Waals surface area contributed by atoms with Crippen LogP contribution in [0.4, 0.5) is 0 Å². The van der Waals surface area contributed by atoms with Gasteiger partial charge in [0.15, 0.2) is 0 Å². The number of hydrogen-bond acceptors (Lipinski definition) is 2. The van der Waals surface area contributed by atoms with Crippen LogP contribution >= 0.6 is 31.9 Å². The minimum absolute atomic E-state index is 0.167. The van der Waals surface area contributed by atoms with E-state index in [4.69, 9.17) is 4.74 Å². The second-order valence-corrected chi connectivity index (χ2v) is 8.25. The van der Waals surface area contributed by atoms with Gasteiger partial charge in [0, 0.05) is 5.33 Å². The molecule has 0 amide bonds. The molecule has 0 N–H and O–H groups in total. The van der Waals surface area contributed by atoms with Gasteiger partial charge in [-0.2, -0.15) is 0 Å². The first kappa shape index (κ1) is 19.4. The molecule has 0 aromatic rings. The molecule has 0 aliphatic heterocycles. The van der Waals surface area contributed by atoms with Gasteiger partial charge in [-0.3, -0.25) is 4.79 Å². The zero-order chi connectivity index (χ0) is 14.6. The van der Waals surface area contributed by atoms with Crippen molar-refractivity contribution in [2.24, 2.45) is 0 Å². The monoisotopic (exact) mass is 398 g/mol. The summed E-state index contributed by atoms with van der Waals surface area (Å²) in [6.07, 6.45) is 11.4. The van der Waals surface area contributed by atoms with E-state index in [2.05, 4.69) is 31.9 Å². The summed E-state index contributed by atoms with van der Waals surface area (Å²) in [7, 11) is 0. The Bertz CT molecular complexity index is 225. The molecule has 0 unspecified atom stereocenters. The highest BCUT2D eigenvalue weighted by atomic mass is 79.9. The molecule has 0 heterocycles. The first-order valence-electron chi connectivity index (χ1n) is 7.40. The molecule has 0 fully saturated rings. The van der Waals surface area contributed by atoms with Crippen LogP contribution in [0.5, 0.6) is 0 Å². The van der Waals surface area contributed by atoms with Crippen LogP contribution in [0.25, 0.3) is 0 Å². The summed E-state index contributed by atoms with van der Waals surface area (Å²) in [6, 6.07) is 0. The fourth-order valence-corrected chi connectivity index (χ4v) is 2.28. The molecule has 114 valence electrons. The smallest absolute Gasteiger partial charge is 0.322 e. The Hall–Kier alpha value is 0.430. The van der Waals surface area contributed by atoms with Gasteiger partial charge >= 0.3 is 5.97 Å². The normalized spacial score (nSPS) is 11.6. The van der Waals surface area contributed by atoms with Crippen LogP contribution in [0.3, 0.4) is 0 Å². The van der Waals surface area contributed by atoms with Crippen LogP contribution in [0.2, 0.25) is 0 Å². The highest BCUT2D eigenvalue weighted by Crippen LogP contribution is 2.17. The summed E-state index contributed by atoms with van der Waals surface area (Å²) in [5.74, 6) is -0.167. The molecule has 0 saturated heterocycles. The molecule has 2 nitrogen and oxygen atoms in total. The van der Waals surface area contributed by atoms with Gasteiger partial charge in [0.1, 0.15) is 4.32 Å². The molecule has 0 bridgehead atoms. The van der Waals surface area contributed by atoms with E-state index in [1.807, 2.05) is 13.8 Å². The van der Waals surface area contributed by atoms with Crippen LogP contribution in [0.15, 0.2) is 0 Å². The average molecular weight is 400 g/mol. The van der Waals surface area contributed by atoms with Crippen molar-refractivity contribution in [1.82, 2.24) is 0 Å². The first-order chi connectivity index (χ1) is 8.98. The number of carbonyl (C=O) groups excluding carboxylic acids is 1. The second kappa shape index (κ2) is 12.2. The van der Waals surface area contributed by atoms with Crippen molar-refractivity contribution in [2.45, 2.75) is 76.0 Å². The molecule has 0 rings (SSSR count). The topological polar surface area (TPSA) is 26.3 Å². The molecule has 0 atom stereocenters. The van der Waals surface area contributed by atoms with E-state index < -0.39 is 4.32 Å². The van der Waals surface area contributed by atoms with Crippen molar-refractivity contribution in [3.05, 3.63) is 0 Å². The van der Waals surface area contributed by atoms with E-state index in [1.165, 1.54) is 44.9 Å². The van der Waals surface area contributed by atoms with Crippen molar-refractivity contribution in [3.63, 3.8) is 0 Å².